The molecule has 0 spiro atoms. The summed E-state index contributed by atoms with van der Waals surface area (Å²) in [5, 5.41) is 2.97. The molecule has 0 radical (unpaired) electrons. The Morgan fingerprint density at radius 1 is 1.44 bits per heavy atom. The Morgan fingerprint density at radius 2 is 2.12 bits per heavy atom. The first-order valence-corrected chi connectivity index (χ1v) is 6.89. The Morgan fingerprint density at radius 3 is 2.69 bits per heavy atom. The lowest BCUT2D eigenvalue weighted by molar-refractivity contribution is 0.0937. The van der Waals surface area contributed by atoms with E-state index < -0.39 is 0 Å². The molecule has 1 rings (SSSR count). The average Bonchev–Trinajstić information content (AvgIpc) is 2.17. The fourth-order valence-corrected chi connectivity index (χ4v) is 2.71. The molecule has 0 saturated heterocycles. The highest BCUT2D eigenvalue weighted by molar-refractivity contribution is 9.11. The summed E-state index contributed by atoms with van der Waals surface area (Å²) in [6.45, 7) is 4.13. The third-order valence-corrected chi connectivity index (χ3v) is 3.42. The van der Waals surface area contributed by atoms with Crippen LogP contribution in [0.4, 0.5) is 0 Å². The zero-order valence-corrected chi connectivity index (χ0v) is 12.6. The largest absolute Gasteiger partial charge is 0.350 e. The van der Waals surface area contributed by atoms with Gasteiger partial charge in [0.25, 0.3) is 5.91 Å². The molecule has 0 saturated carbocycles. The van der Waals surface area contributed by atoms with Gasteiger partial charge in [-0.05, 0) is 47.5 Å². The molecule has 0 aliphatic heterocycles. The third kappa shape index (κ3) is 3.91. The van der Waals surface area contributed by atoms with E-state index in [1.54, 1.807) is 0 Å². The molecule has 1 aromatic carbocycles. The molecule has 88 valence electrons. The molecule has 0 heterocycles. The van der Waals surface area contributed by atoms with Gasteiger partial charge in [0.05, 0.1) is 5.56 Å². The first-order chi connectivity index (χ1) is 7.54. The van der Waals surface area contributed by atoms with Crippen LogP contribution in [0.1, 0.15) is 37.0 Å². The third-order valence-electron chi connectivity index (χ3n) is 2.27. The molecular formula is C12H15Br2NO. The fourth-order valence-electron chi connectivity index (χ4n) is 1.48. The van der Waals surface area contributed by atoms with Crippen LogP contribution in [-0.4, -0.2) is 11.9 Å². The number of rotatable bonds is 4. The van der Waals surface area contributed by atoms with Gasteiger partial charge in [0.15, 0.2) is 0 Å². The second-order valence-electron chi connectivity index (χ2n) is 3.79. The molecular weight excluding hydrogens is 334 g/mol. The second kappa shape index (κ2) is 6.40. The number of nitrogens with one attached hydrogen (secondary N) is 1. The van der Waals surface area contributed by atoms with Gasteiger partial charge in [-0.1, -0.05) is 29.3 Å². The number of carbonyl (C=O) groups is 1. The topological polar surface area (TPSA) is 29.1 Å². The van der Waals surface area contributed by atoms with Crippen LogP contribution in [-0.2, 0) is 0 Å². The Labute approximate surface area is 113 Å². The Hall–Kier alpha value is -0.350. The fraction of sp³-hybridized carbons (Fsp3) is 0.417. The lowest BCUT2D eigenvalue weighted by Crippen LogP contribution is -2.32. The summed E-state index contributed by atoms with van der Waals surface area (Å²) in [7, 11) is 0. The van der Waals surface area contributed by atoms with Gasteiger partial charge in [-0.3, -0.25) is 4.79 Å². The Balaban J connectivity index is 2.73. The van der Waals surface area contributed by atoms with Crippen molar-refractivity contribution in [3.8, 4) is 0 Å². The van der Waals surface area contributed by atoms with Crippen LogP contribution >= 0.6 is 31.9 Å². The van der Waals surface area contributed by atoms with E-state index in [4.69, 9.17) is 0 Å². The molecule has 2 nitrogen and oxygen atoms in total. The summed E-state index contributed by atoms with van der Waals surface area (Å²) >= 11 is 6.75. The van der Waals surface area contributed by atoms with Gasteiger partial charge >= 0.3 is 0 Å². The molecule has 1 unspecified atom stereocenters. The number of benzene rings is 1. The molecule has 0 aliphatic carbocycles. The van der Waals surface area contributed by atoms with Crippen LogP contribution in [0.25, 0.3) is 0 Å². The van der Waals surface area contributed by atoms with Gasteiger partial charge in [0.2, 0.25) is 0 Å². The first kappa shape index (κ1) is 13.7. The Bertz CT molecular complexity index is 379. The van der Waals surface area contributed by atoms with Crippen molar-refractivity contribution in [1.82, 2.24) is 5.32 Å². The summed E-state index contributed by atoms with van der Waals surface area (Å²) in [5.74, 6) is -0.0275. The van der Waals surface area contributed by atoms with Crippen LogP contribution in [0.15, 0.2) is 27.1 Å². The number of hydrogen-bond donors (Lipinski definition) is 1. The van der Waals surface area contributed by atoms with Crippen molar-refractivity contribution in [2.75, 3.05) is 0 Å². The van der Waals surface area contributed by atoms with Crippen molar-refractivity contribution in [3.05, 3.63) is 32.7 Å². The highest BCUT2D eigenvalue weighted by Crippen LogP contribution is 2.21. The monoisotopic (exact) mass is 347 g/mol. The lowest BCUT2D eigenvalue weighted by Gasteiger charge is -2.13. The molecule has 1 amide bonds. The maximum absolute atomic E-state index is 11.9. The molecule has 0 aliphatic rings. The van der Waals surface area contributed by atoms with Crippen molar-refractivity contribution < 1.29 is 4.79 Å². The molecule has 1 aromatic rings. The van der Waals surface area contributed by atoms with Crippen molar-refractivity contribution in [2.45, 2.75) is 32.7 Å². The number of halogens is 2. The summed E-state index contributed by atoms with van der Waals surface area (Å²) in [5.41, 5.74) is 0.672. The summed E-state index contributed by atoms with van der Waals surface area (Å²) < 4.78 is 1.76. The van der Waals surface area contributed by atoms with Gasteiger partial charge in [-0.15, -0.1) is 0 Å². The van der Waals surface area contributed by atoms with Gasteiger partial charge in [0, 0.05) is 15.0 Å². The molecule has 1 N–H and O–H groups in total. The minimum atomic E-state index is -0.0275. The maximum Gasteiger partial charge on any atom is 0.252 e. The van der Waals surface area contributed by atoms with E-state index in [1.165, 1.54) is 0 Å². The maximum atomic E-state index is 11.9. The predicted molar refractivity (Wildman–Crippen MR) is 73.7 cm³/mol. The highest BCUT2D eigenvalue weighted by Gasteiger charge is 2.12. The van der Waals surface area contributed by atoms with E-state index in [1.807, 2.05) is 25.1 Å². The first-order valence-electron chi connectivity index (χ1n) is 5.30. The predicted octanol–water partition coefficient (Wildman–Crippen LogP) is 4.13. The van der Waals surface area contributed by atoms with E-state index in [0.717, 1.165) is 21.8 Å². The normalized spacial score (nSPS) is 12.2. The lowest BCUT2D eigenvalue weighted by atomic mass is 10.1. The number of hydrogen-bond acceptors (Lipinski definition) is 1. The van der Waals surface area contributed by atoms with E-state index in [-0.39, 0.29) is 11.9 Å². The Kier molecular flexibility index (Phi) is 5.49. The van der Waals surface area contributed by atoms with E-state index in [9.17, 15) is 4.79 Å². The van der Waals surface area contributed by atoms with Crippen molar-refractivity contribution in [3.63, 3.8) is 0 Å². The molecule has 1 atom stereocenters. The molecule has 0 fully saturated rings. The second-order valence-corrected chi connectivity index (χ2v) is 5.56. The van der Waals surface area contributed by atoms with E-state index in [0.29, 0.717) is 5.56 Å². The van der Waals surface area contributed by atoms with Crippen LogP contribution < -0.4 is 5.32 Å². The minimum Gasteiger partial charge on any atom is -0.350 e. The summed E-state index contributed by atoms with van der Waals surface area (Å²) in [4.78, 5) is 11.9. The molecule has 0 bridgehead atoms. The zero-order chi connectivity index (χ0) is 12.1. The highest BCUT2D eigenvalue weighted by atomic mass is 79.9. The smallest absolute Gasteiger partial charge is 0.252 e. The number of carbonyl (C=O) groups excluding carboxylic acids is 1. The summed E-state index contributed by atoms with van der Waals surface area (Å²) in [6, 6.07) is 5.76. The zero-order valence-electron chi connectivity index (χ0n) is 9.39. The standard InChI is InChI=1S/C12H15Br2NO/c1-3-4-8(2)15-12(16)10-6-5-9(13)7-11(10)14/h5-8H,3-4H2,1-2H3,(H,15,16). The summed E-state index contributed by atoms with van der Waals surface area (Å²) in [6.07, 6.45) is 2.07. The van der Waals surface area contributed by atoms with Gasteiger partial charge in [-0.2, -0.15) is 0 Å². The number of amides is 1. The van der Waals surface area contributed by atoms with Crippen molar-refractivity contribution >= 4 is 37.8 Å². The molecule has 16 heavy (non-hydrogen) atoms. The van der Waals surface area contributed by atoms with E-state index >= 15 is 0 Å². The van der Waals surface area contributed by atoms with Crippen LogP contribution in [0, 0.1) is 0 Å². The van der Waals surface area contributed by atoms with Crippen LogP contribution in [0.5, 0.6) is 0 Å². The molecule has 4 heteroatoms. The minimum absolute atomic E-state index is 0.0275. The molecule has 0 aromatic heterocycles. The van der Waals surface area contributed by atoms with E-state index in [2.05, 4.69) is 44.1 Å². The van der Waals surface area contributed by atoms with Crippen LogP contribution in [0.3, 0.4) is 0 Å². The van der Waals surface area contributed by atoms with Crippen molar-refractivity contribution in [2.24, 2.45) is 0 Å². The quantitative estimate of drug-likeness (QED) is 0.870. The van der Waals surface area contributed by atoms with Gasteiger partial charge in [0.1, 0.15) is 0 Å². The van der Waals surface area contributed by atoms with Gasteiger partial charge in [-0.25, -0.2) is 0 Å². The van der Waals surface area contributed by atoms with Gasteiger partial charge < -0.3 is 5.32 Å². The van der Waals surface area contributed by atoms with Crippen molar-refractivity contribution in [1.29, 1.82) is 0 Å². The average molecular weight is 349 g/mol. The van der Waals surface area contributed by atoms with Crippen LogP contribution in [0.2, 0.25) is 0 Å². The SMILES string of the molecule is CCCC(C)NC(=O)c1ccc(Br)cc1Br.